The van der Waals surface area contributed by atoms with Gasteiger partial charge in [-0.1, -0.05) is 66.4 Å². The third-order valence-corrected chi connectivity index (χ3v) is 4.95. The first-order valence-corrected chi connectivity index (χ1v) is 8.89. The van der Waals surface area contributed by atoms with Crippen LogP contribution in [-0.4, -0.2) is 0 Å². The van der Waals surface area contributed by atoms with E-state index in [1.807, 2.05) is 30.3 Å². The molecule has 27 heavy (non-hydrogen) atoms. The molecule has 0 atom stereocenters. The number of fused-ring (bicyclic) bond motifs is 1. The lowest BCUT2D eigenvalue weighted by Crippen LogP contribution is -1.90. The van der Waals surface area contributed by atoms with Crippen molar-refractivity contribution in [3.8, 4) is 23.0 Å². The molecule has 4 rings (SSSR count). The van der Waals surface area contributed by atoms with Gasteiger partial charge in [-0.2, -0.15) is 0 Å². The van der Waals surface area contributed by atoms with Crippen LogP contribution in [0.4, 0.5) is 0 Å². The Morgan fingerprint density at radius 3 is 1.89 bits per heavy atom. The molecular formula is C26H23N. The van der Waals surface area contributed by atoms with E-state index in [9.17, 15) is 0 Å². The molecule has 0 radical (unpaired) electrons. The van der Waals surface area contributed by atoms with Gasteiger partial charge in [0.1, 0.15) is 0 Å². The Hall–Kier alpha value is -3.34. The predicted octanol–water partition coefficient (Wildman–Crippen LogP) is 6.69. The van der Waals surface area contributed by atoms with Crippen LogP contribution in [0.15, 0.2) is 84.9 Å². The number of rotatable bonds is 1. The SMILES string of the molecule is Cc1c(-c2ccc(C#Cc3ccccc3)cc2)cc2ccccc2c1C.N. The summed E-state index contributed by atoms with van der Waals surface area (Å²) in [6, 6.07) is 29.5. The maximum Gasteiger partial charge on any atom is 0.0249 e. The van der Waals surface area contributed by atoms with Crippen molar-refractivity contribution in [2.24, 2.45) is 0 Å². The topological polar surface area (TPSA) is 35.0 Å². The molecular weight excluding hydrogens is 326 g/mol. The summed E-state index contributed by atoms with van der Waals surface area (Å²) >= 11 is 0. The normalized spacial score (nSPS) is 10.0. The van der Waals surface area contributed by atoms with Crippen LogP contribution in [0, 0.1) is 25.7 Å². The molecule has 4 aromatic rings. The highest BCUT2D eigenvalue weighted by molar-refractivity contribution is 5.92. The van der Waals surface area contributed by atoms with Crippen LogP contribution in [0.3, 0.4) is 0 Å². The molecule has 0 aromatic heterocycles. The van der Waals surface area contributed by atoms with Crippen molar-refractivity contribution < 1.29 is 0 Å². The van der Waals surface area contributed by atoms with Crippen molar-refractivity contribution in [3.63, 3.8) is 0 Å². The highest BCUT2D eigenvalue weighted by Gasteiger charge is 2.08. The summed E-state index contributed by atoms with van der Waals surface area (Å²) in [6.45, 7) is 4.42. The van der Waals surface area contributed by atoms with Gasteiger partial charge in [-0.3, -0.25) is 0 Å². The second-order valence-electron chi connectivity index (χ2n) is 6.59. The minimum atomic E-state index is 0. The molecule has 132 valence electrons. The molecule has 0 bridgehead atoms. The van der Waals surface area contributed by atoms with Gasteiger partial charge in [0, 0.05) is 11.1 Å². The van der Waals surface area contributed by atoms with E-state index in [0.717, 1.165) is 11.1 Å². The highest BCUT2D eigenvalue weighted by atomic mass is 14.1. The quantitative estimate of drug-likeness (QED) is 0.382. The van der Waals surface area contributed by atoms with E-state index in [-0.39, 0.29) is 6.15 Å². The Kier molecular flexibility index (Phi) is 5.41. The zero-order valence-electron chi connectivity index (χ0n) is 15.8. The molecule has 0 heterocycles. The second-order valence-corrected chi connectivity index (χ2v) is 6.59. The Labute approximate surface area is 161 Å². The maximum absolute atomic E-state index is 3.25. The van der Waals surface area contributed by atoms with Gasteiger partial charge in [-0.15, -0.1) is 0 Å². The number of hydrogen-bond acceptors (Lipinski definition) is 1. The molecule has 1 heteroatoms. The fourth-order valence-electron chi connectivity index (χ4n) is 3.33. The summed E-state index contributed by atoms with van der Waals surface area (Å²) in [7, 11) is 0. The van der Waals surface area contributed by atoms with E-state index in [1.54, 1.807) is 0 Å². The van der Waals surface area contributed by atoms with Crippen LogP contribution in [0.25, 0.3) is 21.9 Å². The van der Waals surface area contributed by atoms with Gasteiger partial charge in [0.25, 0.3) is 0 Å². The molecule has 3 N–H and O–H groups in total. The third-order valence-electron chi connectivity index (χ3n) is 4.95. The summed E-state index contributed by atoms with van der Waals surface area (Å²) in [4.78, 5) is 0. The Morgan fingerprint density at radius 1 is 0.593 bits per heavy atom. The predicted molar refractivity (Wildman–Crippen MR) is 116 cm³/mol. The van der Waals surface area contributed by atoms with E-state index in [4.69, 9.17) is 0 Å². The first-order chi connectivity index (χ1) is 12.7. The Bertz CT molecular complexity index is 1130. The van der Waals surface area contributed by atoms with Crippen molar-refractivity contribution >= 4 is 10.8 Å². The smallest absolute Gasteiger partial charge is 0.0249 e. The highest BCUT2D eigenvalue weighted by Crippen LogP contribution is 2.31. The van der Waals surface area contributed by atoms with Gasteiger partial charge >= 0.3 is 0 Å². The lowest BCUT2D eigenvalue weighted by molar-refractivity contribution is 1.37. The van der Waals surface area contributed by atoms with E-state index >= 15 is 0 Å². The number of aryl methyl sites for hydroxylation is 1. The van der Waals surface area contributed by atoms with Gasteiger partial charge < -0.3 is 6.15 Å². The number of hydrogen-bond donors (Lipinski definition) is 1. The minimum absolute atomic E-state index is 0. The van der Waals surface area contributed by atoms with Crippen molar-refractivity contribution in [2.75, 3.05) is 0 Å². The van der Waals surface area contributed by atoms with Gasteiger partial charge in [-0.25, -0.2) is 0 Å². The zero-order valence-corrected chi connectivity index (χ0v) is 15.8. The molecule has 0 aliphatic heterocycles. The van der Waals surface area contributed by atoms with Crippen LogP contribution >= 0.6 is 0 Å². The fourth-order valence-corrected chi connectivity index (χ4v) is 3.33. The molecule has 0 fully saturated rings. The van der Waals surface area contributed by atoms with Gasteiger partial charge in [0.15, 0.2) is 0 Å². The third kappa shape index (κ3) is 3.77. The fraction of sp³-hybridized carbons (Fsp3) is 0.0769. The summed E-state index contributed by atoms with van der Waals surface area (Å²) < 4.78 is 0. The summed E-state index contributed by atoms with van der Waals surface area (Å²) in [6.07, 6.45) is 0. The lowest BCUT2D eigenvalue weighted by Gasteiger charge is -2.13. The van der Waals surface area contributed by atoms with Gasteiger partial charge in [-0.05, 0) is 77.2 Å². The van der Waals surface area contributed by atoms with Crippen LogP contribution < -0.4 is 6.15 Å². The van der Waals surface area contributed by atoms with E-state index in [2.05, 4.69) is 80.3 Å². The van der Waals surface area contributed by atoms with Crippen molar-refractivity contribution in [1.29, 1.82) is 0 Å². The van der Waals surface area contributed by atoms with E-state index in [1.165, 1.54) is 33.0 Å². The molecule has 0 unspecified atom stereocenters. The maximum atomic E-state index is 3.25. The van der Waals surface area contributed by atoms with Crippen LogP contribution in [0.1, 0.15) is 22.3 Å². The van der Waals surface area contributed by atoms with Crippen LogP contribution in [0.5, 0.6) is 0 Å². The van der Waals surface area contributed by atoms with Crippen molar-refractivity contribution in [1.82, 2.24) is 6.15 Å². The largest absolute Gasteiger partial charge is 0.344 e. The standard InChI is InChI=1S/C26H20.H3N/c1-19-20(2)26(18-24-10-6-7-11-25(19)24)23-16-14-22(15-17-23)13-12-21-8-4-3-5-9-21;/h3-11,14-18H,1-2H3;1H3. The van der Waals surface area contributed by atoms with E-state index < -0.39 is 0 Å². The van der Waals surface area contributed by atoms with Crippen LogP contribution in [-0.2, 0) is 0 Å². The number of benzene rings is 4. The van der Waals surface area contributed by atoms with Crippen molar-refractivity contribution in [2.45, 2.75) is 13.8 Å². The van der Waals surface area contributed by atoms with Crippen LogP contribution in [0.2, 0.25) is 0 Å². The Balaban J connectivity index is 0.00000210. The van der Waals surface area contributed by atoms with E-state index in [0.29, 0.717) is 0 Å². The molecule has 1 nitrogen and oxygen atoms in total. The molecule has 0 aliphatic rings. The van der Waals surface area contributed by atoms with Crippen molar-refractivity contribution in [3.05, 3.63) is 107 Å². The lowest BCUT2D eigenvalue weighted by atomic mass is 9.92. The molecule has 0 saturated carbocycles. The average molecular weight is 349 g/mol. The van der Waals surface area contributed by atoms with Gasteiger partial charge in [0.2, 0.25) is 0 Å². The Morgan fingerprint density at radius 2 is 1.19 bits per heavy atom. The zero-order chi connectivity index (χ0) is 17.9. The summed E-state index contributed by atoms with van der Waals surface area (Å²) in [5.41, 5.74) is 7.30. The first kappa shape index (κ1) is 18.5. The summed E-state index contributed by atoms with van der Waals surface area (Å²) in [5, 5.41) is 2.62. The first-order valence-electron chi connectivity index (χ1n) is 8.89. The summed E-state index contributed by atoms with van der Waals surface area (Å²) in [5.74, 6) is 6.46. The molecule has 0 amide bonds. The molecule has 0 aliphatic carbocycles. The molecule has 4 aromatic carbocycles. The van der Waals surface area contributed by atoms with Gasteiger partial charge in [0.05, 0.1) is 0 Å². The molecule has 0 spiro atoms. The average Bonchev–Trinajstić information content (AvgIpc) is 2.70. The monoisotopic (exact) mass is 349 g/mol. The second kappa shape index (κ2) is 7.91. The minimum Gasteiger partial charge on any atom is -0.344 e. The molecule has 0 saturated heterocycles.